The molecule has 0 aromatic rings. The smallest absolute Gasteiger partial charge is 1.00 e. The van der Waals surface area contributed by atoms with Gasteiger partial charge >= 0.3 is 69.9 Å². The van der Waals surface area contributed by atoms with E-state index in [1.807, 2.05) is 0 Å². The summed E-state index contributed by atoms with van der Waals surface area (Å²) in [6.07, 6.45) is -10.9. The van der Waals surface area contributed by atoms with E-state index in [2.05, 4.69) is 0 Å². The summed E-state index contributed by atoms with van der Waals surface area (Å²) in [5.41, 5.74) is 0. The molecule has 8 heteroatoms. The molecule has 0 aromatic heterocycles. The zero-order chi connectivity index (χ0) is 8.58. The first-order valence-corrected chi connectivity index (χ1v) is 1.92. The van der Waals surface area contributed by atoms with Crippen LogP contribution in [0.3, 0.4) is 0 Å². The van der Waals surface area contributed by atoms with Crippen LogP contribution in [0.25, 0.3) is 0 Å². The molecule has 0 spiro atoms. The van der Waals surface area contributed by atoms with Crippen molar-refractivity contribution in [1.82, 2.24) is 0 Å². The van der Waals surface area contributed by atoms with Gasteiger partial charge in [-0.2, -0.15) is 22.0 Å². The summed E-state index contributed by atoms with van der Waals surface area (Å²) in [5.74, 6) is -5.90. The minimum absolute atomic E-state index is 0. The molecule has 0 saturated carbocycles. The maximum Gasteiger partial charge on any atom is 1.00 e. The van der Waals surface area contributed by atoms with Gasteiger partial charge in [-0.3, -0.25) is 0 Å². The molecule has 0 aliphatic carbocycles. The van der Waals surface area contributed by atoms with Gasteiger partial charge in [0.1, 0.15) is 0 Å². The van der Waals surface area contributed by atoms with Crippen molar-refractivity contribution in [2.24, 2.45) is 0 Å². The molecule has 11 heavy (non-hydrogen) atoms. The fourth-order valence-electron chi connectivity index (χ4n) is 0.124. The molecule has 0 bridgehead atoms. The quantitative estimate of drug-likeness (QED) is 0.407. The maximum atomic E-state index is 11.2. The molecular formula is C3H2F7K. The first-order chi connectivity index (χ1) is 4.19. The molecule has 64 valence electrons. The largest absolute Gasteiger partial charge is 1.00 e. The molecule has 0 heterocycles. The summed E-state index contributed by atoms with van der Waals surface area (Å²) >= 11 is 0. The molecule has 0 unspecified atom stereocenters. The van der Waals surface area contributed by atoms with Crippen molar-refractivity contribution in [2.75, 3.05) is 0 Å². The fraction of sp³-hybridized carbons (Fsp3) is 1.00. The Balaban J connectivity index is -0.000000405. The molecule has 0 fully saturated rings. The molecular weight excluding hydrogens is 208 g/mol. The minimum atomic E-state index is -6.17. The third-order valence-electron chi connectivity index (χ3n) is 0.652. The van der Waals surface area contributed by atoms with E-state index in [4.69, 9.17) is 0 Å². The average molecular weight is 210 g/mol. The fourth-order valence-corrected chi connectivity index (χ4v) is 0.124. The normalized spacial score (nSPS) is 13.1. The van der Waals surface area contributed by atoms with E-state index < -0.39 is 18.5 Å². The molecule has 0 nitrogen and oxygen atoms in total. The number of rotatable bonds is 1. The predicted octanol–water partition coefficient (Wildman–Crippen LogP) is -0.434. The van der Waals surface area contributed by atoms with Crippen molar-refractivity contribution in [3.05, 3.63) is 0 Å². The van der Waals surface area contributed by atoms with E-state index in [9.17, 15) is 30.7 Å². The first kappa shape index (κ1) is 14.7. The van der Waals surface area contributed by atoms with Gasteiger partial charge in [0, 0.05) is 0 Å². The van der Waals surface area contributed by atoms with Gasteiger partial charge in [0.2, 0.25) is 0 Å². The summed E-state index contributed by atoms with van der Waals surface area (Å²) in [4.78, 5) is 0. The van der Waals surface area contributed by atoms with Crippen LogP contribution < -0.4 is 51.4 Å². The molecule has 0 rings (SSSR count). The van der Waals surface area contributed by atoms with Gasteiger partial charge in [-0.25, -0.2) is 8.78 Å². The molecule has 0 aromatic carbocycles. The average Bonchev–Trinajstić information content (AvgIpc) is 1.62. The molecule has 0 atom stereocenters. The zero-order valence-electron chi connectivity index (χ0n) is 6.22. The number of hydrogen-bond acceptors (Lipinski definition) is 0. The third-order valence-corrected chi connectivity index (χ3v) is 0.652. The van der Waals surface area contributed by atoms with Gasteiger partial charge in [-0.05, 0) is 0 Å². The number of hydrogen-bond donors (Lipinski definition) is 0. The van der Waals surface area contributed by atoms with E-state index in [0.29, 0.717) is 0 Å². The molecule has 0 saturated heterocycles. The summed E-state index contributed by atoms with van der Waals surface area (Å²) in [6, 6.07) is 0. The molecule has 0 amide bonds. The topological polar surface area (TPSA) is 0 Å². The van der Waals surface area contributed by atoms with Crippen molar-refractivity contribution in [3.63, 3.8) is 0 Å². The Hall–Kier alpha value is 1.15. The van der Waals surface area contributed by atoms with Gasteiger partial charge in [-0.1, -0.05) is 0 Å². The van der Waals surface area contributed by atoms with Gasteiger partial charge in [0.15, 0.2) is 0 Å². The number of halogens is 7. The van der Waals surface area contributed by atoms with Crippen LogP contribution >= 0.6 is 0 Å². The Bertz CT molecular complexity index is 120. The van der Waals surface area contributed by atoms with Crippen molar-refractivity contribution in [2.45, 2.75) is 18.5 Å². The Kier molecular flexibility index (Phi) is 5.87. The van der Waals surface area contributed by atoms with Crippen LogP contribution in [0.5, 0.6) is 0 Å². The third kappa shape index (κ3) is 3.58. The van der Waals surface area contributed by atoms with E-state index in [0.717, 1.165) is 0 Å². The molecule has 0 radical (unpaired) electrons. The van der Waals surface area contributed by atoms with Gasteiger partial charge in [0.05, 0.1) is 0 Å². The molecule has 0 aliphatic heterocycles. The van der Waals surface area contributed by atoms with Crippen LogP contribution in [0.1, 0.15) is 1.43 Å². The Morgan fingerprint density at radius 1 is 0.909 bits per heavy atom. The van der Waals surface area contributed by atoms with Crippen molar-refractivity contribution >= 4 is 0 Å². The molecule has 0 N–H and O–H groups in total. The van der Waals surface area contributed by atoms with E-state index >= 15 is 0 Å². The minimum Gasteiger partial charge on any atom is -1.00 e. The first-order valence-electron chi connectivity index (χ1n) is 1.92. The standard InChI is InChI=1S/C3HF7.K.H/c4-1(5)2(6,7)3(8,9)10;;/h1H;;/q;+1;-1. The van der Waals surface area contributed by atoms with Crippen LogP contribution in [0.15, 0.2) is 0 Å². The van der Waals surface area contributed by atoms with Crippen LogP contribution in [-0.2, 0) is 0 Å². The monoisotopic (exact) mass is 210 g/mol. The Morgan fingerprint density at radius 2 is 1.18 bits per heavy atom. The summed E-state index contributed by atoms with van der Waals surface area (Å²) in [7, 11) is 0. The summed E-state index contributed by atoms with van der Waals surface area (Å²) in [6.45, 7) is 0. The van der Waals surface area contributed by atoms with Crippen molar-refractivity contribution < 1.29 is 83.5 Å². The Labute approximate surface area is 101 Å². The van der Waals surface area contributed by atoms with Gasteiger partial charge in [-0.15, -0.1) is 0 Å². The molecule has 0 aliphatic rings. The van der Waals surface area contributed by atoms with Crippen LogP contribution in [0, 0.1) is 0 Å². The van der Waals surface area contributed by atoms with E-state index in [-0.39, 0.29) is 52.8 Å². The number of alkyl halides is 7. The second-order valence-electron chi connectivity index (χ2n) is 1.42. The van der Waals surface area contributed by atoms with E-state index in [1.165, 1.54) is 0 Å². The zero-order valence-corrected chi connectivity index (χ0v) is 8.35. The van der Waals surface area contributed by atoms with Gasteiger partial charge < -0.3 is 1.43 Å². The predicted molar refractivity (Wildman–Crippen MR) is 18.1 cm³/mol. The van der Waals surface area contributed by atoms with Crippen LogP contribution in [-0.4, -0.2) is 18.5 Å². The Morgan fingerprint density at radius 3 is 1.18 bits per heavy atom. The van der Waals surface area contributed by atoms with Crippen molar-refractivity contribution in [1.29, 1.82) is 0 Å². The summed E-state index contributed by atoms with van der Waals surface area (Å²) < 4.78 is 76.6. The maximum absolute atomic E-state index is 11.2. The van der Waals surface area contributed by atoms with Gasteiger partial charge in [0.25, 0.3) is 0 Å². The SMILES string of the molecule is FC(F)C(F)(F)C(F)(F)F.[H-].[K+]. The second kappa shape index (κ2) is 4.40. The summed E-state index contributed by atoms with van der Waals surface area (Å²) in [5, 5.41) is 0. The van der Waals surface area contributed by atoms with E-state index in [1.54, 1.807) is 0 Å². The van der Waals surface area contributed by atoms with Crippen molar-refractivity contribution in [3.8, 4) is 0 Å². The van der Waals surface area contributed by atoms with Crippen LogP contribution in [0.2, 0.25) is 0 Å². The second-order valence-corrected chi connectivity index (χ2v) is 1.42. The van der Waals surface area contributed by atoms with Crippen LogP contribution in [0.4, 0.5) is 30.7 Å².